The molecule has 0 radical (unpaired) electrons. The average Bonchev–Trinajstić information content (AvgIpc) is 3.04. The van der Waals surface area contributed by atoms with Crippen LogP contribution >= 0.6 is 0 Å². The Hall–Kier alpha value is -3.59. The summed E-state index contributed by atoms with van der Waals surface area (Å²) in [6.45, 7) is 1.95. The molecule has 0 fully saturated rings. The van der Waals surface area contributed by atoms with E-state index in [4.69, 9.17) is 0 Å². The number of hydrogen-bond donors (Lipinski definition) is 0. The van der Waals surface area contributed by atoms with Gasteiger partial charge in [0.05, 0.1) is 23.3 Å². The molecule has 4 rings (SSSR count). The summed E-state index contributed by atoms with van der Waals surface area (Å²) in [5.41, 5.74) is 5.04. The molecule has 24 heavy (non-hydrogen) atoms. The van der Waals surface area contributed by atoms with Crippen molar-refractivity contribution in [1.82, 2.24) is 24.6 Å². The highest BCUT2D eigenvalue weighted by Crippen LogP contribution is 2.28. The molecule has 0 atom stereocenters. The van der Waals surface area contributed by atoms with Crippen molar-refractivity contribution in [2.45, 2.75) is 6.92 Å². The molecule has 0 aliphatic carbocycles. The first kappa shape index (κ1) is 14.0. The van der Waals surface area contributed by atoms with E-state index in [9.17, 15) is 5.26 Å². The third kappa shape index (κ3) is 2.29. The molecule has 0 aromatic carbocycles. The molecule has 0 saturated carbocycles. The van der Waals surface area contributed by atoms with Crippen LogP contribution in [-0.2, 0) is 0 Å². The molecule has 0 aliphatic rings. The summed E-state index contributed by atoms with van der Waals surface area (Å²) in [6, 6.07) is 13.6. The number of fused-ring (bicyclic) bond motifs is 1. The highest BCUT2D eigenvalue weighted by atomic mass is 15.2. The molecule has 6 heteroatoms. The number of nitrogens with zero attached hydrogens (tertiary/aromatic N) is 6. The van der Waals surface area contributed by atoms with Crippen molar-refractivity contribution in [2.24, 2.45) is 0 Å². The van der Waals surface area contributed by atoms with Gasteiger partial charge in [0, 0.05) is 23.7 Å². The van der Waals surface area contributed by atoms with Crippen LogP contribution in [0.3, 0.4) is 0 Å². The monoisotopic (exact) mass is 312 g/mol. The Morgan fingerprint density at radius 1 is 1.04 bits per heavy atom. The van der Waals surface area contributed by atoms with Crippen molar-refractivity contribution in [3.63, 3.8) is 0 Å². The minimum Gasteiger partial charge on any atom is -0.254 e. The zero-order chi connectivity index (χ0) is 16.5. The van der Waals surface area contributed by atoms with Crippen molar-refractivity contribution < 1.29 is 0 Å². The van der Waals surface area contributed by atoms with Gasteiger partial charge in [-0.2, -0.15) is 10.4 Å². The van der Waals surface area contributed by atoms with Gasteiger partial charge in [0.2, 0.25) is 0 Å². The van der Waals surface area contributed by atoms with Gasteiger partial charge < -0.3 is 0 Å². The fraction of sp³-hybridized carbons (Fsp3) is 0.0556. The highest BCUT2D eigenvalue weighted by Gasteiger charge is 2.13. The quantitative estimate of drug-likeness (QED) is 0.568. The van der Waals surface area contributed by atoms with Crippen LogP contribution in [0.25, 0.3) is 28.3 Å². The smallest absolute Gasteiger partial charge is 0.173 e. The van der Waals surface area contributed by atoms with Gasteiger partial charge in [-0.05, 0) is 37.3 Å². The van der Waals surface area contributed by atoms with Crippen LogP contribution in [0.2, 0.25) is 0 Å². The van der Waals surface area contributed by atoms with E-state index in [0.717, 1.165) is 28.3 Å². The summed E-state index contributed by atoms with van der Waals surface area (Å²) in [5, 5.41) is 13.3. The molecule has 114 valence electrons. The minimum absolute atomic E-state index is 0.441. The molecule has 4 aromatic rings. The number of aryl methyl sites for hydroxylation is 1. The lowest BCUT2D eigenvalue weighted by molar-refractivity contribution is 0.941. The van der Waals surface area contributed by atoms with Gasteiger partial charge >= 0.3 is 0 Å². The second-order valence-corrected chi connectivity index (χ2v) is 5.31. The molecule has 0 bridgehead atoms. The lowest BCUT2D eigenvalue weighted by atomic mass is 10.1. The van der Waals surface area contributed by atoms with Crippen molar-refractivity contribution in [2.75, 3.05) is 0 Å². The molecular weight excluding hydrogens is 300 g/mol. The van der Waals surface area contributed by atoms with Crippen molar-refractivity contribution in [1.29, 1.82) is 5.26 Å². The molecule has 0 unspecified atom stereocenters. The molecule has 0 aliphatic heterocycles. The summed E-state index contributed by atoms with van der Waals surface area (Å²) in [7, 11) is 0. The van der Waals surface area contributed by atoms with Gasteiger partial charge in [0.25, 0.3) is 0 Å². The zero-order valence-corrected chi connectivity index (χ0v) is 12.9. The van der Waals surface area contributed by atoms with Crippen molar-refractivity contribution in [3.8, 4) is 28.7 Å². The minimum atomic E-state index is 0.441. The zero-order valence-electron chi connectivity index (χ0n) is 12.9. The number of hydrogen-bond acceptors (Lipinski definition) is 5. The second-order valence-electron chi connectivity index (χ2n) is 5.31. The van der Waals surface area contributed by atoms with Crippen LogP contribution in [0.5, 0.6) is 0 Å². The molecule has 6 nitrogen and oxygen atoms in total. The Bertz CT molecular complexity index is 1090. The van der Waals surface area contributed by atoms with Crippen molar-refractivity contribution in [3.05, 3.63) is 66.2 Å². The van der Waals surface area contributed by atoms with E-state index < -0.39 is 0 Å². The maximum atomic E-state index is 9.18. The van der Waals surface area contributed by atoms with Gasteiger partial charge in [0.15, 0.2) is 5.65 Å². The van der Waals surface area contributed by atoms with E-state index in [1.54, 1.807) is 16.9 Å². The lowest BCUT2D eigenvalue weighted by Crippen LogP contribution is -1.97. The third-order valence-corrected chi connectivity index (χ3v) is 3.70. The maximum Gasteiger partial charge on any atom is 0.173 e. The average molecular weight is 312 g/mol. The number of pyridine rings is 2. The second kappa shape index (κ2) is 5.56. The van der Waals surface area contributed by atoms with Crippen LogP contribution in [0, 0.1) is 18.3 Å². The highest BCUT2D eigenvalue weighted by molar-refractivity contribution is 5.78. The summed E-state index contributed by atoms with van der Waals surface area (Å²) in [5.74, 6) is 0. The normalized spacial score (nSPS) is 10.7. The third-order valence-electron chi connectivity index (χ3n) is 3.70. The van der Waals surface area contributed by atoms with E-state index in [-0.39, 0.29) is 0 Å². The summed E-state index contributed by atoms with van der Waals surface area (Å²) in [4.78, 5) is 13.6. The fourth-order valence-corrected chi connectivity index (χ4v) is 2.59. The van der Waals surface area contributed by atoms with Crippen LogP contribution < -0.4 is 0 Å². The fourth-order valence-electron chi connectivity index (χ4n) is 2.59. The van der Waals surface area contributed by atoms with Crippen molar-refractivity contribution >= 4 is 5.65 Å². The Balaban J connectivity index is 1.93. The van der Waals surface area contributed by atoms with Crippen LogP contribution in [-0.4, -0.2) is 24.6 Å². The van der Waals surface area contributed by atoms with Gasteiger partial charge in [-0.25, -0.2) is 9.50 Å². The van der Waals surface area contributed by atoms with Crippen LogP contribution in [0.4, 0.5) is 0 Å². The van der Waals surface area contributed by atoms with E-state index in [1.165, 1.54) is 6.20 Å². The largest absolute Gasteiger partial charge is 0.254 e. The number of rotatable bonds is 2. The van der Waals surface area contributed by atoms with E-state index in [2.05, 4.69) is 26.1 Å². The first-order valence-electron chi connectivity index (χ1n) is 7.40. The van der Waals surface area contributed by atoms with E-state index in [1.807, 2.05) is 43.3 Å². The molecular formula is C18H12N6. The maximum absolute atomic E-state index is 9.18. The predicted octanol–water partition coefficient (Wildman–Crippen LogP) is 3.03. The molecule has 4 heterocycles. The molecule has 0 N–H and O–H groups in total. The molecule has 0 spiro atoms. The van der Waals surface area contributed by atoms with Gasteiger partial charge in [-0.3, -0.25) is 9.97 Å². The van der Waals surface area contributed by atoms with Gasteiger partial charge in [0.1, 0.15) is 11.6 Å². The first-order chi connectivity index (χ1) is 11.8. The standard InChI is InChI=1S/C18H12N6/c1-12-4-2-6-16(22-12)17-14(5-3-8-20-17)15-7-9-24-18(23-15)13(10-19)11-21-24/h2-9,11H,1H3. The SMILES string of the molecule is Cc1cccc(-c2ncccc2-c2ccn3ncc(C#N)c3n2)n1. The number of nitriles is 1. The van der Waals surface area contributed by atoms with Gasteiger partial charge in [-0.1, -0.05) is 6.07 Å². The summed E-state index contributed by atoms with van der Waals surface area (Å²) in [6.07, 6.45) is 5.04. The topological polar surface area (TPSA) is 79.8 Å². The van der Waals surface area contributed by atoms with Crippen LogP contribution in [0.15, 0.2) is 55.0 Å². The molecule has 4 aromatic heterocycles. The first-order valence-corrected chi connectivity index (χ1v) is 7.40. The Labute approximate surface area is 138 Å². The lowest BCUT2D eigenvalue weighted by Gasteiger charge is -2.08. The molecule has 0 saturated heterocycles. The summed E-state index contributed by atoms with van der Waals surface area (Å²) >= 11 is 0. The summed E-state index contributed by atoms with van der Waals surface area (Å²) < 4.78 is 1.59. The molecule has 0 amide bonds. The predicted molar refractivity (Wildman–Crippen MR) is 88.9 cm³/mol. The van der Waals surface area contributed by atoms with E-state index in [0.29, 0.717) is 11.2 Å². The Morgan fingerprint density at radius 2 is 1.96 bits per heavy atom. The van der Waals surface area contributed by atoms with Crippen LogP contribution in [0.1, 0.15) is 11.3 Å². The van der Waals surface area contributed by atoms with Gasteiger partial charge in [-0.15, -0.1) is 0 Å². The Morgan fingerprint density at radius 3 is 2.79 bits per heavy atom. The Kier molecular flexibility index (Phi) is 3.25. The van der Waals surface area contributed by atoms with E-state index >= 15 is 0 Å². The number of aromatic nitrogens is 5.